The van der Waals surface area contributed by atoms with Gasteiger partial charge in [0.1, 0.15) is 16.8 Å². The quantitative estimate of drug-likeness (QED) is 0.937. The molecule has 112 valence electrons. The summed E-state index contributed by atoms with van der Waals surface area (Å²) in [5.74, 6) is -2.02. The molecule has 0 bridgehead atoms. The lowest BCUT2D eigenvalue weighted by atomic mass is 10.1. The van der Waals surface area contributed by atoms with E-state index >= 15 is 0 Å². The van der Waals surface area contributed by atoms with Crippen LogP contribution in [-0.4, -0.2) is 24.2 Å². The molecule has 0 unspecified atom stereocenters. The molecule has 1 aromatic carbocycles. The van der Waals surface area contributed by atoms with Gasteiger partial charge in [-0.3, -0.25) is 0 Å². The molecular formula is C16H13FN2O2S. The van der Waals surface area contributed by atoms with Crippen LogP contribution in [0.1, 0.15) is 28.1 Å². The Kier molecular flexibility index (Phi) is 3.82. The fourth-order valence-electron chi connectivity index (χ4n) is 2.67. The zero-order valence-corrected chi connectivity index (χ0v) is 12.5. The van der Waals surface area contributed by atoms with Gasteiger partial charge in [-0.15, -0.1) is 11.3 Å². The van der Waals surface area contributed by atoms with Crippen molar-refractivity contribution in [2.75, 3.05) is 18.0 Å². The Morgan fingerprint density at radius 1 is 1.32 bits per heavy atom. The van der Waals surface area contributed by atoms with Crippen molar-refractivity contribution in [3.63, 3.8) is 0 Å². The summed E-state index contributed by atoms with van der Waals surface area (Å²) in [6.45, 7) is 1.87. The number of rotatable bonds is 3. The number of carboxylic acid groups (broad SMARTS) is 1. The van der Waals surface area contributed by atoms with Gasteiger partial charge in [0, 0.05) is 18.0 Å². The Morgan fingerprint density at radius 3 is 2.64 bits per heavy atom. The molecule has 1 aromatic heterocycles. The molecule has 22 heavy (non-hydrogen) atoms. The zero-order chi connectivity index (χ0) is 15.7. The van der Waals surface area contributed by atoms with Crippen LogP contribution in [0.2, 0.25) is 0 Å². The van der Waals surface area contributed by atoms with Crippen molar-refractivity contribution in [1.29, 1.82) is 5.26 Å². The Morgan fingerprint density at radius 2 is 2.05 bits per heavy atom. The zero-order valence-electron chi connectivity index (χ0n) is 11.7. The number of hydrogen-bond acceptors (Lipinski definition) is 4. The first-order chi connectivity index (χ1) is 10.6. The van der Waals surface area contributed by atoms with Crippen molar-refractivity contribution in [3.05, 3.63) is 40.5 Å². The van der Waals surface area contributed by atoms with Gasteiger partial charge >= 0.3 is 5.97 Å². The molecule has 0 radical (unpaired) electrons. The maximum absolute atomic E-state index is 13.6. The SMILES string of the molecule is N#Cc1cc(-c2cc(F)c(C(=O)O)s2)ccc1N1CCCC1. The molecule has 1 saturated heterocycles. The van der Waals surface area contributed by atoms with Crippen molar-refractivity contribution >= 4 is 23.0 Å². The van der Waals surface area contributed by atoms with Gasteiger partial charge in [0.25, 0.3) is 0 Å². The molecule has 0 amide bonds. The molecule has 1 N–H and O–H groups in total. The molecule has 2 heterocycles. The van der Waals surface area contributed by atoms with E-state index in [4.69, 9.17) is 5.11 Å². The fourth-order valence-corrected chi connectivity index (χ4v) is 3.54. The minimum atomic E-state index is -1.28. The molecule has 1 fully saturated rings. The number of nitriles is 1. The van der Waals surface area contributed by atoms with Crippen LogP contribution in [0.15, 0.2) is 24.3 Å². The summed E-state index contributed by atoms with van der Waals surface area (Å²) in [7, 11) is 0. The molecule has 1 aliphatic rings. The minimum absolute atomic E-state index is 0.308. The number of nitrogens with zero attached hydrogens (tertiary/aromatic N) is 2. The first-order valence-corrected chi connectivity index (χ1v) is 7.74. The van der Waals surface area contributed by atoms with Crippen LogP contribution in [0, 0.1) is 17.1 Å². The van der Waals surface area contributed by atoms with Crippen LogP contribution in [0.4, 0.5) is 10.1 Å². The lowest BCUT2D eigenvalue weighted by Gasteiger charge is -2.19. The Labute approximate surface area is 131 Å². The molecule has 6 heteroatoms. The third-order valence-corrected chi connectivity index (χ3v) is 4.88. The number of carboxylic acids is 1. The largest absolute Gasteiger partial charge is 0.477 e. The monoisotopic (exact) mass is 316 g/mol. The minimum Gasteiger partial charge on any atom is -0.477 e. The normalized spacial score (nSPS) is 14.1. The summed E-state index contributed by atoms with van der Waals surface area (Å²) < 4.78 is 13.6. The van der Waals surface area contributed by atoms with Gasteiger partial charge in [0.2, 0.25) is 0 Å². The van der Waals surface area contributed by atoms with Gasteiger partial charge in [-0.05, 0) is 36.6 Å². The number of benzene rings is 1. The topological polar surface area (TPSA) is 64.3 Å². The molecule has 0 atom stereocenters. The summed E-state index contributed by atoms with van der Waals surface area (Å²) in [4.78, 5) is 13.3. The number of carbonyl (C=O) groups is 1. The highest BCUT2D eigenvalue weighted by atomic mass is 32.1. The molecule has 4 nitrogen and oxygen atoms in total. The molecule has 0 spiro atoms. The summed E-state index contributed by atoms with van der Waals surface area (Å²) in [5, 5.41) is 18.3. The average molecular weight is 316 g/mol. The van der Waals surface area contributed by atoms with Crippen LogP contribution in [-0.2, 0) is 0 Å². The summed E-state index contributed by atoms with van der Waals surface area (Å²) in [6.07, 6.45) is 2.23. The Hall–Kier alpha value is -2.39. The van der Waals surface area contributed by atoms with Crippen LogP contribution in [0.25, 0.3) is 10.4 Å². The third kappa shape index (κ3) is 2.55. The number of anilines is 1. The highest BCUT2D eigenvalue weighted by molar-refractivity contribution is 7.17. The van der Waals surface area contributed by atoms with Crippen LogP contribution in [0.3, 0.4) is 0 Å². The Bertz CT molecular complexity index is 773. The molecule has 0 saturated carbocycles. The molecular weight excluding hydrogens is 303 g/mol. The van der Waals surface area contributed by atoms with Crippen molar-refractivity contribution in [2.45, 2.75) is 12.8 Å². The van der Waals surface area contributed by atoms with E-state index in [-0.39, 0.29) is 4.88 Å². The van der Waals surface area contributed by atoms with E-state index in [9.17, 15) is 14.4 Å². The fraction of sp³-hybridized carbons (Fsp3) is 0.250. The van der Waals surface area contributed by atoms with Crippen LogP contribution >= 0.6 is 11.3 Å². The predicted octanol–water partition coefficient (Wildman–Crippen LogP) is 3.72. The molecule has 3 rings (SSSR count). The summed E-state index contributed by atoms with van der Waals surface area (Å²) in [5.41, 5.74) is 2.08. The lowest BCUT2D eigenvalue weighted by Crippen LogP contribution is -2.18. The maximum Gasteiger partial charge on any atom is 0.348 e. The van der Waals surface area contributed by atoms with Crippen molar-refractivity contribution < 1.29 is 14.3 Å². The second kappa shape index (κ2) is 5.78. The van der Waals surface area contributed by atoms with E-state index < -0.39 is 11.8 Å². The molecule has 0 aliphatic carbocycles. The Balaban J connectivity index is 2.00. The van der Waals surface area contributed by atoms with Gasteiger partial charge in [0.15, 0.2) is 0 Å². The lowest BCUT2D eigenvalue weighted by molar-refractivity contribution is 0.0697. The average Bonchev–Trinajstić information content (AvgIpc) is 3.15. The molecule has 2 aromatic rings. The van der Waals surface area contributed by atoms with Crippen molar-refractivity contribution in [1.82, 2.24) is 0 Å². The van der Waals surface area contributed by atoms with Crippen molar-refractivity contribution in [2.24, 2.45) is 0 Å². The third-order valence-electron chi connectivity index (χ3n) is 3.73. The van der Waals surface area contributed by atoms with E-state index in [1.54, 1.807) is 6.07 Å². The van der Waals surface area contributed by atoms with Crippen molar-refractivity contribution in [3.8, 4) is 16.5 Å². The second-order valence-corrected chi connectivity index (χ2v) is 6.18. The van der Waals surface area contributed by atoms with Gasteiger partial charge in [-0.2, -0.15) is 5.26 Å². The molecule has 1 aliphatic heterocycles. The highest BCUT2D eigenvalue weighted by Crippen LogP contribution is 2.34. The second-order valence-electron chi connectivity index (χ2n) is 5.13. The van der Waals surface area contributed by atoms with E-state index in [0.29, 0.717) is 16.0 Å². The predicted molar refractivity (Wildman–Crippen MR) is 82.8 cm³/mol. The highest BCUT2D eigenvalue weighted by Gasteiger charge is 2.19. The number of aromatic carboxylic acids is 1. The van der Waals surface area contributed by atoms with E-state index in [0.717, 1.165) is 43.0 Å². The smallest absolute Gasteiger partial charge is 0.348 e. The van der Waals surface area contributed by atoms with Gasteiger partial charge in [-0.25, -0.2) is 9.18 Å². The van der Waals surface area contributed by atoms with E-state index in [1.165, 1.54) is 6.07 Å². The first-order valence-electron chi connectivity index (χ1n) is 6.92. The number of halogens is 1. The first kappa shape index (κ1) is 14.5. The van der Waals surface area contributed by atoms with E-state index in [1.807, 2.05) is 12.1 Å². The number of hydrogen-bond donors (Lipinski definition) is 1. The maximum atomic E-state index is 13.6. The summed E-state index contributed by atoms with van der Waals surface area (Å²) >= 11 is 0.880. The standard InChI is InChI=1S/C16H13FN2O2S/c17-12-8-14(22-15(12)16(20)21)10-3-4-13(11(7-10)9-18)19-5-1-2-6-19/h3-4,7-8H,1-2,5-6H2,(H,20,21). The summed E-state index contributed by atoms with van der Waals surface area (Å²) in [6, 6.07) is 8.76. The number of thiophene rings is 1. The van der Waals surface area contributed by atoms with E-state index in [2.05, 4.69) is 11.0 Å². The van der Waals surface area contributed by atoms with Gasteiger partial charge in [-0.1, -0.05) is 6.07 Å². The van der Waals surface area contributed by atoms with Gasteiger partial charge < -0.3 is 10.0 Å². The van der Waals surface area contributed by atoms with Gasteiger partial charge in [0.05, 0.1) is 11.3 Å². The van der Waals surface area contributed by atoms with Crippen LogP contribution in [0.5, 0.6) is 0 Å². The van der Waals surface area contributed by atoms with Crippen LogP contribution < -0.4 is 4.90 Å².